The highest BCUT2D eigenvalue weighted by molar-refractivity contribution is 7.97. The van der Waals surface area contributed by atoms with Crippen molar-refractivity contribution in [2.45, 2.75) is 32.1 Å². The maximum absolute atomic E-state index is 5.90. The normalized spacial score (nSPS) is 13.5. The van der Waals surface area contributed by atoms with Crippen molar-refractivity contribution in [2.75, 3.05) is 6.26 Å². The summed E-state index contributed by atoms with van der Waals surface area (Å²) in [5, 5.41) is 3.85. The number of thioether (sulfide) groups is 1. The molecule has 0 unspecified atom stereocenters. The Hall–Kier alpha value is -0.550. The first-order valence-electron chi connectivity index (χ1n) is 4.70. The maximum atomic E-state index is 5.90. The van der Waals surface area contributed by atoms with E-state index in [9.17, 15) is 0 Å². The van der Waals surface area contributed by atoms with Crippen LogP contribution in [0.25, 0.3) is 0 Å². The summed E-state index contributed by atoms with van der Waals surface area (Å²) in [5.41, 5.74) is 5.90. The standard InChI is InChI=1S/C9H17N3OS/c1-6(2)4-7(10)9-11-8(5-14-3)12-13-9/h6-7H,4-5,10H2,1-3H3/t7-/m0/s1. The van der Waals surface area contributed by atoms with E-state index in [1.807, 2.05) is 6.26 Å². The van der Waals surface area contributed by atoms with E-state index in [2.05, 4.69) is 24.0 Å². The van der Waals surface area contributed by atoms with Gasteiger partial charge in [0.05, 0.1) is 11.8 Å². The summed E-state index contributed by atoms with van der Waals surface area (Å²) in [6.45, 7) is 4.25. The predicted octanol–water partition coefficient (Wildman–Crippen LogP) is 1.98. The van der Waals surface area contributed by atoms with Gasteiger partial charge < -0.3 is 10.3 Å². The van der Waals surface area contributed by atoms with Crippen molar-refractivity contribution in [3.8, 4) is 0 Å². The number of rotatable bonds is 5. The highest BCUT2D eigenvalue weighted by Crippen LogP contribution is 2.17. The van der Waals surface area contributed by atoms with Crippen LogP contribution in [-0.4, -0.2) is 16.4 Å². The first kappa shape index (κ1) is 11.5. The topological polar surface area (TPSA) is 64.9 Å². The maximum Gasteiger partial charge on any atom is 0.243 e. The molecular formula is C9H17N3OS. The zero-order chi connectivity index (χ0) is 10.6. The molecule has 5 heteroatoms. The van der Waals surface area contributed by atoms with E-state index in [4.69, 9.17) is 10.3 Å². The van der Waals surface area contributed by atoms with Crippen LogP contribution in [-0.2, 0) is 5.75 Å². The van der Waals surface area contributed by atoms with E-state index in [0.29, 0.717) is 11.8 Å². The van der Waals surface area contributed by atoms with Crippen LogP contribution in [0.2, 0.25) is 0 Å². The van der Waals surface area contributed by atoms with Crippen molar-refractivity contribution >= 4 is 11.8 Å². The molecule has 14 heavy (non-hydrogen) atoms. The number of nitrogens with zero attached hydrogens (tertiary/aromatic N) is 2. The summed E-state index contributed by atoms with van der Waals surface area (Å²) in [6, 6.07) is -0.127. The third-order valence-corrected chi connectivity index (χ3v) is 2.35. The molecule has 0 radical (unpaired) electrons. The average molecular weight is 215 g/mol. The van der Waals surface area contributed by atoms with Gasteiger partial charge in [0.25, 0.3) is 0 Å². The van der Waals surface area contributed by atoms with E-state index in [1.54, 1.807) is 11.8 Å². The lowest BCUT2D eigenvalue weighted by Gasteiger charge is -2.08. The number of nitrogens with two attached hydrogens (primary N) is 1. The number of hydrogen-bond acceptors (Lipinski definition) is 5. The van der Waals surface area contributed by atoms with Gasteiger partial charge >= 0.3 is 0 Å². The lowest BCUT2D eigenvalue weighted by molar-refractivity contribution is 0.333. The molecule has 0 spiro atoms. The molecule has 0 aliphatic carbocycles. The van der Waals surface area contributed by atoms with Crippen LogP contribution in [0.4, 0.5) is 0 Å². The molecule has 1 aromatic heterocycles. The van der Waals surface area contributed by atoms with Gasteiger partial charge in [0.1, 0.15) is 0 Å². The molecule has 80 valence electrons. The first-order chi connectivity index (χ1) is 6.63. The second-order valence-electron chi connectivity index (χ2n) is 3.72. The van der Waals surface area contributed by atoms with E-state index in [0.717, 1.165) is 18.0 Å². The second-order valence-corrected chi connectivity index (χ2v) is 4.58. The molecule has 0 saturated heterocycles. The molecule has 1 aromatic rings. The Morgan fingerprint density at radius 1 is 1.50 bits per heavy atom. The van der Waals surface area contributed by atoms with Gasteiger partial charge in [-0.1, -0.05) is 19.0 Å². The van der Waals surface area contributed by atoms with Gasteiger partial charge in [0.15, 0.2) is 5.82 Å². The smallest absolute Gasteiger partial charge is 0.243 e. The Labute approximate surface area is 88.6 Å². The molecule has 1 atom stereocenters. The molecular weight excluding hydrogens is 198 g/mol. The third-order valence-electron chi connectivity index (χ3n) is 1.80. The molecule has 0 saturated carbocycles. The minimum atomic E-state index is -0.127. The molecule has 2 N–H and O–H groups in total. The summed E-state index contributed by atoms with van der Waals surface area (Å²) < 4.78 is 5.08. The summed E-state index contributed by atoms with van der Waals surface area (Å²) in [4.78, 5) is 4.23. The van der Waals surface area contributed by atoms with Gasteiger partial charge in [-0.15, -0.1) is 0 Å². The monoisotopic (exact) mass is 215 g/mol. The lowest BCUT2D eigenvalue weighted by Crippen LogP contribution is -2.13. The molecule has 0 bridgehead atoms. The Balaban J connectivity index is 2.57. The van der Waals surface area contributed by atoms with E-state index >= 15 is 0 Å². The Morgan fingerprint density at radius 2 is 2.21 bits per heavy atom. The Morgan fingerprint density at radius 3 is 2.79 bits per heavy atom. The van der Waals surface area contributed by atoms with Gasteiger partial charge in [0, 0.05) is 0 Å². The number of hydrogen-bond donors (Lipinski definition) is 1. The molecule has 4 nitrogen and oxygen atoms in total. The van der Waals surface area contributed by atoms with Crippen LogP contribution in [0.3, 0.4) is 0 Å². The highest BCUT2D eigenvalue weighted by Gasteiger charge is 2.15. The predicted molar refractivity (Wildman–Crippen MR) is 57.9 cm³/mol. The first-order valence-corrected chi connectivity index (χ1v) is 6.10. The largest absolute Gasteiger partial charge is 0.338 e. The van der Waals surface area contributed by atoms with Gasteiger partial charge in [-0.2, -0.15) is 16.7 Å². The summed E-state index contributed by atoms with van der Waals surface area (Å²) in [6.07, 6.45) is 2.88. The van der Waals surface area contributed by atoms with Crippen LogP contribution in [0.5, 0.6) is 0 Å². The fraction of sp³-hybridized carbons (Fsp3) is 0.778. The molecule has 0 amide bonds. The lowest BCUT2D eigenvalue weighted by atomic mass is 10.0. The molecule has 0 aliphatic rings. The fourth-order valence-electron chi connectivity index (χ4n) is 1.21. The van der Waals surface area contributed by atoms with Crippen LogP contribution >= 0.6 is 11.8 Å². The van der Waals surface area contributed by atoms with E-state index in [-0.39, 0.29) is 6.04 Å². The van der Waals surface area contributed by atoms with E-state index in [1.165, 1.54) is 0 Å². The summed E-state index contributed by atoms with van der Waals surface area (Å²) >= 11 is 1.67. The Bertz CT molecular complexity index is 275. The third kappa shape index (κ3) is 3.31. The van der Waals surface area contributed by atoms with Gasteiger partial charge in [-0.3, -0.25) is 0 Å². The van der Waals surface area contributed by atoms with Crippen LogP contribution in [0.1, 0.15) is 38.0 Å². The molecule has 0 fully saturated rings. The molecule has 1 heterocycles. The van der Waals surface area contributed by atoms with Crippen molar-refractivity contribution in [3.63, 3.8) is 0 Å². The van der Waals surface area contributed by atoms with Crippen molar-refractivity contribution in [1.29, 1.82) is 0 Å². The average Bonchev–Trinajstić information content (AvgIpc) is 2.52. The minimum absolute atomic E-state index is 0.127. The van der Waals surface area contributed by atoms with Gasteiger partial charge in [0.2, 0.25) is 5.89 Å². The van der Waals surface area contributed by atoms with Crippen molar-refractivity contribution < 1.29 is 4.52 Å². The summed E-state index contributed by atoms with van der Waals surface area (Å²) in [7, 11) is 0. The zero-order valence-electron chi connectivity index (χ0n) is 8.86. The van der Waals surface area contributed by atoms with Crippen molar-refractivity contribution in [1.82, 2.24) is 10.1 Å². The molecule has 1 rings (SSSR count). The van der Waals surface area contributed by atoms with Crippen LogP contribution in [0.15, 0.2) is 4.52 Å². The Kier molecular flexibility index (Phi) is 4.41. The SMILES string of the molecule is CSCc1noc([C@@H](N)CC(C)C)n1. The zero-order valence-corrected chi connectivity index (χ0v) is 9.67. The highest BCUT2D eigenvalue weighted by atomic mass is 32.2. The summed E-state index contributed by atoms with van der Waals surface area (Å²) in [5.74, 6) is 2.60. The molecule has 0 aromatic carbocycles. The van der Waals surface area contributed by atoms with Crippen LogP contribution < -0.4 is 5.73 Å². The van der Waals surface area contributed by atoms with Gasteiger partial charge in [-0.25, -0.2) is 0 Å². The van der Waals surface area contributed by atoms with E-state index < -0.39 is 0 Å². The quantitative estimate of drug-likeness (QED) is 0.813. The minimum Gasteiger partial charge on any atom is -0.338 e. The fourth-order valence-corrected chi connectivity index (χ4v) is 1.59. The second kappa shape index (κ2) is 5.36. The number of aromatic nitrogens is 2. The van der Waals surface area contributed by atoms with Crippen LogP contribution in [0, 0.1) is 5.92 Å². The molecule has 0 aliphatic heterocycles. The van der Waals surface area contributed by atoms with Gasteiger partial charge in [-0.05, 0) is 18.6 Å². The van der Waals surface area contributed by atoms with Crippen molar-refractivity contribution in [3.05, 3.63) is 11.7 Å². The van der Waals surface area contributed by atoms with Crippen molar-refractivity contribution in [2.24, 2.45) is 11.7 Å².